The van der Waals surface area contributed by atoms with Gasteiger partial charge < -0.3 is 9.73 Å². The van der Waals surface area contributed by atoms with E-state index >= 15 is 0 Å². The molecule has 0 saturated carbocycles. The Balaban J connectivity index is 1.91. The Hall–Kier alpha value is -0.850. The highest BCUT2D eigenvalue weighted by Gasteiger charge is 2.26. The van der Waals surface area contributed by atoms with Crippen LogP contribution in [-0.2, 0) is 16.6 Å². The predicted molar refractivity (Wildman–Crippen MR) is 60.4 cm³/mol. The van der Waals surface area contributed by atoms with Crippen LogP contribution in [0.3, 0.4) is 0 Å². The summed E-state index contributed by atoms with van der Waals surface area (Å²) >= 11 is 0. The largest absolute Gasteiger partial charge is 0.472 e. The van der Waals surface area contributed by atoms with Gasteiger partial charge in [-0.15, -0.1) is 0 Å². The van der Waals surface area contributed by atoms with Gasteiger partial charge in [0.05, 0.1) is 17.8 Å². The van der Waals surface area contributed by atoms with Gasteiger partial charge in [-0.25, -0.2) is 13.1 Å². The first-order valence-electron chi connectivity index (χ1n) is 5.39. The van der Waals surface area contributed by atoms with Crippen molar-refractivity contribution in [2.45, 2.75) is 24.6 Å². The molecule has 0 spiro atoms. The molecule has 0 aromatic carbocycles. The monoisotopic (exact) mass is 244 g/mol. The highest BCUT2D eigenvalue weighted by Crippen LogP contribution is 2.12. The molecule has 0 atom stereocenters. The van der Waals surface area contributed by atoms with Crippen LogP contribution in [0.1, 0.15) is 18.4 Å². The van der Waals surface area contributed by atoms with Crippen LogP contribution in [0.25, 0.3) is 0 Å². The van der Waals surface area contributed by atoms with Crippen molar-refractivity contribution in [2.75, 3.05) is 13.1 Å². The van der Waals surface area contributed by atoms with Gasteiger partial charge in [0.2, 0.25) is 10.0 Å². The standard InChI is InChI=1S/C10H16N2O3S/c13-16(14,10-1-4-11-5-2-10)12-7-9-3-6-15-8-9/h3,6,8,10-12H,1-2,4-5,7H2. The van der Waals surface area contributed by atoms with Gasteiger partial charge in [-0.2, -0.15) is 0 Å². The van der Waals surface area contributed by atoms with Crippen molar-refractivity contribution >= 4 is 10.0 Å². The average Bonchev–Trinajstić information content (AvgIpc) is 2.81. The minimum Gasteiger partial charge on any atom is -0.472 e. The molecule has 0 unspecified atom stereocenters. The summed E-state index contributed by atoms with van der Waals surface area (Å²) in [5, 5.41) is 2.89. The van der Waals surface area contributed by atoms with Crippen molar-refractivity contribution in [3.8, 4) is 0 Å². The summed E-state index contributed by atoms with van der Waals surface area (Å²) in [5.74, 6) is 0. The molecule has 1 saturated heterocycles. The van der Waals surface area contributed by atoms with Gasteiger partial charge in [0, 0.05) is 12.1 Å². The van der Waals surface area contributed by atoms with E-state index in [9.17, 15) is 8.42 Å². The number of sulfonamides is 1. The number of nitrogens with one attached hydrogen (secondary N) is 2. The predicted octanol–water partition coefficient (Wildman–Crippen LogP) is 0.451. The maximum atomic E-state index is 11.9. The summed E-state index contributed by atoms with van der Waals surface area (Å²) in [6.45, 7) is 1.86. The Labute approximate surface area is 95.3 Å². The third-order valence-corrected chi connectivity index (χ3v) is 4.68. The lowest BCUT2D eigenvalue weighted by Gasteiger charge is -2.22. The van der Waals surface area contributed by atoms with E-state index in [0.717, 1.165) is 18.7 Å². The third kappa shape index (κ3) is 2.84. The van der Waals surface area contributed by atoms with E-state index in [1.807, 2.05) is 0 Å². The fourth-order valence-electron chi connectivity index (χ4n) is 1.80. The number of furan rings is 1. The van der Waals surface area contributed by atoms with Gasteiger partial charge in [0.25, 0.3) is 0 Å². The van der Waals surface area contributed by atoms with Crippen LogP contribution in [0.2, 0.25) is 0 Å². The lowest BCUT2D eigenvalue weighted by molar-refractivity contribution is 0.489. The number of hydrogen-bond acceptors (Lipinski definition) is 4. The molecule has 0 aliphatic carbocycles. The van der Waals surface area contributed by atoms with E-state index in [2.05, 4.69) is 10.0 Å². The molecule has 6 heteroatoms. The van der Waals surface area contributed by atoms with Gasteiger partial charge in [0.15, 0.2) is 0 Å². The lowest BCUT2D eigenvalue weighted by atomic mass is 10.2. The average molecular weight is 244 g/mol. The summed E-state index contributed by atoms with van der Waals surface area (Å²) in [6, 6.07) is 1.75. The van der Waals surface area contributed by atoms with Crippen LogP contribution < -0.4 is 10.0 Å². The first kappa shape index (κ1) is 11.6. The highest BCUT2D eigenvalue weighted by atomic mass is 32.2. The van der Waals surface area contributed by atoms with Crippen molar-refractivity contribution in [1.82, 2.24) is 10.0 Å². The number of hydrogen-bond donors (Lipinski definition) is 2. The van der Waals surface area contributed by atoms with E-state index < -0.39 is 10.0 Å². The fraction of sp³-hybridized carbons (Fsp3) is 0.600. The topological polar surface area (TPSA) is 71.3 Å². The molecule has 5 nitrogen and oxygen atoms in total. The second-order valence-corrected chi connectivity index (χ2v) is 5.99. The van der Waals surface area contributed by atoms with Crippen LogP contribution in [0.4, 0.5) is 0 Å². The van der Waals surface area contributed by atoms with Crippen molar-refractivity contribution < 1.29 is 12.8 Å². The zero-order valence-corrected chi connectivity index (χ0v) is 9.79. The Kier molecular flexibility index (Phi) is 3.63. The molecule has 1 aromatic heterocycles. The molecule has 90 valence electrons. The maximum absolute atomic E-state index is 11.9. The molecular weight excluding hydrogens is 228 g/mol. The Morgan fingerprint density at radius 2 is 2.19 bits per heavy atom. The molecule has 2 heterocycles. The summed E-state index contributed by atoms with van der Waals surface area (Å²) in [4.78, 5) is 0. The lowest BCUT2D eigenvalue weighted by Crippen LogP contribution is -2.41. The Bertz CT molecular complexity index is 407. The van der Waals surface area contributed by atoms with Crippen LogP contribution in [0.15, 0.2) is 23.0 Å². The molecule has 16 heavy (non-hydrogen) atoms. The van der Waals surface area contributed by atoms with Crippen LogP contribution >= 0.6 is 0 Å². The SMILES string of the molecule is O=S(=O)(NCc1ccoc1)C1CCNCC1. The number of rotatable bonds is 4. The molecule has 0 radical (unpaired) electrons. The summed E-state index contributed by atoms with van der Waals surface area (Å²) < 4.78 is 31.3. The van der Waals surface area contributed by atoms with Gasteiger partial charge in [-0.05, 0) is 32.0 Å². The smallest absolute Gasteiger partial charge is 0.214 e. The zero-order valence-electron chi connectivity index (χ0n) is 8.98. The molecule has 1 fully saturated rings. The fourth-order valence-corrected chi connectivity index (χ4v) is 3.26. The van der Waals surface area contributed by atoms with Gasteiger partial charge in [0.1, 0.15) is 0 Å². The van der Waals surface area contributed by atoms with E-state index in [-0.39, 0.29) is 5.25 Å². The van der Waals surface area contributed by atoms with E-state index in [1.165, 1.54) is 6.26 Å². The van der Waals surface area contributed by atoms with Crippen molar-refractivity contribution in [3.63, 3.8) is 0 Å². The van der Waals surface area contributed by atoms with Crippen molar-refractivity contribution in [2.24, 2.45) is 0 Å². The summed E-state index contributed by atoms with van der Waals surface area (Å²) in [6.07, 6.45) is 4.44. The van der Waals surface area contributed by atoms with E-state index in [0.29, 0.717) is 19.4 Å². The second kappa shape index (κ2) is 4.99. The first-order valence-corrected chi connectivity index (χ1v) is 6.93. The third-order valence-electron chi connectivity index (χ3n) is 2.78. The molecule has 0 amide bonds. The molecule has 1 aromatic rings. The Morgan fingerprint density at radius 3 is 2.81 bits per heavy atom. The minimum atomic E-state index is -3.19. The Morgan fingerprint density at radius 1 is 1.44 bits per heavy atom. The number of piperidine rings is 1. The van der Waals surface area contributed by atoms with Crippen LogP contribution in [-0.4, -0.2) is 26.8 Å². The molecule has 2 N–H and O–H groups in total. The van der Waals surface area contributed by atoms with E-state index in [1.54, 1.807) is 12.3 Å². The van der Waals surface area contributed by atoms with Crippen molar-refractivity contribution in [1.29, 1.82) is 0 Å². The summed E-state index contributed by atoms with van der Waals surface area (Å²) in [5.41, 5.74) is 0.845. The quantitative estimate of drug-likeness (QED) is 0.806. The molecule has 2 rings (SSSR count). The van der Waals surface area contributed by atoms with Gasteiger partial charge >= 0.3 is 0 Å². The molecular formula is C10H16N2O3S. The minimum absolute atomic E-state index is 0.263. The zero-order chi connectivity index (χ0) is 11.4. The molecule has 0 bridgehead atoms. The first-order chi connectivity index (χ1) is 7.68. The molecule has 1 aliphatic heterocycles. The van der Waals surface area contributed by atoms with Crippen LogP contribution in [0.5, 0.6) is 0 Å². The van der Waals surface area contributed by atoms with Crippen molar-refractivity contribution in [3.05, 3.63) is 24.2 Å². The maximum Gasteiger partial charge on any atom is 0.214 e. The summed E-state index contributed by atoms with van der Waals surface area (Å²) in [7, 11) is -3.19. The van der Waals surface area contributed by atoms with E-state index in [4.69, 9.17) is 4.42 Å². The molecule has 1 aliphatic rings. The van der Waals surface area contributed by atoms with Gasteiger partial charge in [-0.1, -0.05) is 0 Å². The normalized spacial score (nSPS) is 18.8. The highest BCUT2D eigenvalue weighted by molar-refractivity contribution is 7.90. The van der Waals surface area contributed by atoms with Gasteiger partial charge in [-0.3, -0.25) is 0 Å². The van der Waals surface area contributed by atoms with Crippen LogP contribution in [0, 0.1) is 0 Å². The second-order valence-electron chi connectivity index (χ2n) is 3.95.